The topological polar surface area (TPSA) is 88.9 Å². The van der Waals surface area contributed by atoms with Crippen molar-refractivity contribution in [2.75, 3.05) is 18.5 Å². The maximum absolute atomic E-state index is 12.6. The summed E-state index contributed by atoms with van der Waals surface area (Å²) < 4.78 is 10.5. The number of amides is 3. The highest BCUT2D eigenvalue weighted by Gasteiger charge is 2.37. The van der Waals surface area contributed by atoms with Crippen molar-refractivity contribution >= 4 is 23.4 Å². The molecule has 2 aliphatic heterocycles. The molecule has 0 spiro atoms. The monoisotopic (exact) mass is 340 g/mol. The Labute approximate surface area is 143 Å². The lowest BCUT2D eigenvalue weighted by Crippen LogP contribution is -2.36. The number of nitrogens with one attached hydrogen (secondary N) is 1. The van der Waals surface area contributed by atoms with Crippen LogP contribution >= 0.6 is 0 Å². The normalized spacial score (nSPS) is 19.4. The summed E-state index contributed by atoms with van der Waals surface area (Å²) in [6.45, 7) is 0.928. The first-order valence-electron chi connectivity index (χ1n) is 8.10. The summed E-state index contributed by atoms with van der Waals surface area (Å²) >= 11 is 0. The maximum Gasteiger partial charge on any atom is 0.291 e. The van der Waals surface area contributed by atoms with Gasteiger partial charge in [0.25, 0.3) is 17.7 Å². The molecule has 128 valence electrons. The predicted molar refractivity (Wildman–Crippen MR) is 87.4 cm³/mol. The molecule has 1 atom stereocenters. The van der Waals surface area contributed by atoms with E-state index in [1.807, 2.05) is 0 Å². The van der Waals surface area contributed by atoms with Crippen LogP contribution in [-0.4, -0.2) is 41.9 Å². The third-order valence-electron chi connectivity index (χ3n) is 4.38. The van der Waals surface area contributed by atoms with Crippen LogP contribution in [0.4, 0.5) is 5.69 Å². The van der Waals surface area contributed by atoms with Gasteiger partial charge in [-0.25, -0.2) is 0 Å². The number of ether oxygens (including phenoxy) is 1. The highest BCUT2D eigenvalue weighted by Crippen LogP contribution is 2.27. The van der Waals surface area contributed by atoms with E-state index in [2.05, 4.69) is 5.32 Å². The molecule has 7 nitrogen and oxygen atoms in total. The van der Waals surface area contributed by atoms with Crippen LogP contribution in [0.15, 0.2) is 41.0 Å². The second-order valence-electron chi connectivity index (χ2n) is 6.05. The minimum Gasteiger partial charge on any atom is -0.459 e. The van der Waals surface area contributed by atoms with Crippen LogP contribution in [0, 0.1) is 0 Å². The molecule has 1 saturated heterocycles. The van der Waals surface area contributed by atoms with E-state index in [-0.39, 0.29) is 30.2 Å². The summed E-state index contributed by atoms with van der Waals surface area (Å²) in [5.74, 6) is -0.926. The quantitative estimate of drug-likeness (QED) is 0.863. The van der Waals surface area contributed by atoms with Crippen molar-refractivity contribution < 1.29 is 23.5 Å². The first-order valence-corrected chi connectivity index (χ1v) is 8.10. The standard InChI is InChI=1S/C18H16N2O5/c21-16(15-4-2-8-25-15)19-11-5-6-13-14(9-11)18(23)20(17(13)22)10-12-3-1-7-24-12/h2,4-6,8-9,12H,1,3,7,10H2,(H,19,21). The van der Waals surface area contributed by atoms with Crippen LogP contribution in [0.25, 0.3) is 0 Å². The van der Waals surface area contributed by atoms with Gasteiger partial charge in [-0.3, -0.25) is 19.3 Å². The first kappa shape index (κ1) is 15.6. The summed E-state index contributed by atoms with van der Waals surface area (Å²) in [5.41, 5.74) is 1.07. The molecule has 1 unspecified atom stereocenters. The lowest BCUT2D eigenvalue weighted by molar-refractivity contribution is 0.0475. The molecule has 1 aromatic heterocycles. The molecular weight excluding hydrogens is 324 g/mol. The molecule has 2 aromatic rings. The number of nitrogens with zero attached hydrogens (tertiary/aromatic N) is 1. The average Bonchev–Trinajstić information content (AvgIpc) is 3.34. The number of hydrogen-bond donors (Lipinski definition) is 1. The molecule has 3 amide bonds. The summed E-state index contributed by atoms with van der Waals surface area (Å²) in [7, 11) is 0. The molecule has 0 saturated carbocycles. The zero-order chi connectivity index (χ0) is 17.4. The lowest BCUT2D eigenvalue weighted by Gasteiger charge is -2.17. The van der Waals surface area contributed by atoms with Gasteiger partial charge in [0.15, 0.2) is 5.76 Å². The molecule has 0 bridgehead atoms. The fourth-order valence-corrected chi connectivity index (χ4v) is 3.13. The number of carbonyl (C=O) groups excluding carboxylic acids is 3. The molecule has 1 fully saturated rings. The van der Waals surface area contributed by atoms with Gasteiger partial charge < -0.3 is 14.5 Å². The van der Waals surface area contributed by atoms with Crippen molar-refractivity contribution in [2.24, 2.45) is 0 Å². The van der Waals surface area contributed by atoms with E-state index in [0.29, 0.717) is 23.4 Å². The fraction of sp³-hybridized carbons (Fsp3) is 0.278. The highest BCUT2D eigenvalue weighted by molar-refractivity contribution is 6.22. The SMILES string of the molecule is O=C(Nc1ccc2c(c1)C(=O)N(CC1CCCO1)C2=O)c1ccco1. The van der Waals surface area contributed by atoms with Crippen LogP contribution in [0.2, 0.25) is 0 Å². The maximum atomic E-state index is 12.6. The molecule has 2 aliphatic rings. The zero-order valence-corrected chi connectivity index (χ0v) is 13.4. The Balaban J connectivity index is 1.53. The summed E-state index contributed by atoms with van der Waals surface area (Å²) in [4.78, 5) is 38.3. The molecule has 1 N–H and O–H groups in total. The van der Waals surface area contributed by atoms with Crippen molar-refractivity contribution in [3.05, 3.63) is 53.5 Å². The zero-order valence-electron chi connectivity index (χ0n) is 13.4. The van der Waals surface area contributed by atoms with Crippen LogP contribution in [0.5, 0.6) is 0 Å². The molecule has 25 heavy (non-hydrogen) atoms. The summed E-state index contributed by atoms with van der Waals surface area (Å²) in [6.07, 6.45) is 3.09. The molecule has 3 heterocycles. The predicted octanol–water partition coefficient (Wildman–Crippen LogP) is 2.31. The van der Waals surface area contributed by atoms with E-state index < -0.39 is 5.91 Å². The van der Waals surface area contributed by atoms with Crippen LogP contribution in [0.1, 0.15) is 44.1 Å². The smallest absolute Gasteiger partial charge is 0.291 e. The molecule has 4 rings (SSSR count). The Morgan fingerprint density at radius 2 is 2.04 bits per heavy atom. The third-order valence-corrected chi connectivity index (χ3v) is 4.38. The van der Waals surface area contributed by atoms with Gasteiger partial charge in [-0.1, -0.05) is 0 Å². The minimum atomic E-state index is -0.419. The van der Waals surface area contributed by atoms with E-state index in [0.717, 1.165) is 12.8 Å². The van der Waals surface area contributed by atoms with Gasteiger partial charge in [-0.15, -0.1) is 0 Å². The van der Waals surface area contributed by atoms with Gasteiger partial charge in [0, 0.05) is 12.3 Å². The molecule has 0 aliphatic carbocycles. The minimum absolute atomic E-state index is 0.0969. The van der Waals surface area contributed by atoms with E-state index >= 15 is 0 Å². The Bertz CT molecular complexity index is 837. The van der Waals surface area contributed by atoms with Crippen LogP contribution in [0.3, 0.4) is 0 Å². The molecule has 0 radical (unpaired) electrons. The van der Waals surface area contributed by atoms with Crippen LogP contribution < -0.4 is 5.32 Å². The van der Waals surface area contributed by atoms with Crippen molar-refractivity contribution in [2.45, 2.75) is 18.9 Å². The summed E-state index contributed by atoms with van der Waals surface area (Å²) in [5, 5.41) is 2.66. The van der Waals surface area contributed by atoms with E-state index in [9.17, 15) is 14.4 Å². The van der Waals surface area contributed by atoms with E-state index in [4.69, 9.17) is 9.15 Å². The number of fused-ring (bicyclic) bond motifs is 1. The third kappa shape index (κ3) is 2.83. The van der Waals surface area contributed by atoms with Crippen molar-refractivity contribution in [1.82, 2.24) is 4.90 Å². The Kier molecular flexibility index (Phi) is 3.85. The number of imide groups is 1. The average molecular weight is 340 g/mol. The van der Waals surface area contributed by atoms with Gasteiger partial charge in [-0.2, -0.15) is 0 Å². The van der Waals surface area contributed by atoms with E-state index in [1.165, 1.54) is 17.2 Å². The number of anilines is 1. The van der Waals surface area contributed by atoms with Gasteiger partial charge in [0.05, 0.1) is 30.0 Å². The number of rotatable bonds is 4. The number of benzene rings is 1. The van der Waals surface area contributed by atoms with Crippen LogP contribution in [-0.2, 0) is 4.74 Å². The fourth-order valence-electron chi connectivity index (χ4n) is 3.13. The molecule has 7 heteroatoms. The first-order chi connectivity index (χ1) is 12.1. The van der Waals surface area contributed by atoms with Crippen molar-refractivity contribution in [1.29, 1.82) is 0 Å². The van der Waals surface area contributed by atoms with Gasteiger partial charge in [-0.05, 0) is 43.2 Å². The highest BCUT2D eigenvalue weighted by atomic mass is 16.5. The largest absolute Gasteiger partial charge is 0.459 e. The number of hydrogen-bond acceptors (Lipinski definition) is 5. The Morgan fingerprint density at radius 1 is 1.20 bits per heavy atom. The van der Waals surface area contributed by atoms with Gasteiger partial charge in [0.2, 0.25) is 0 Å². The second-order valence-corrected chi connectivity index (χ2v) is 6.05. The van der Waals surface area contributed by atoms with Gasteiger partial charge >= 0.3 is 0 Å². The number of carbonyl (C=O) groups is 3. The Hall–Kier alpha value is -2.93. The second kappa shape index (κ2) is 6.18. The lowest BCUT2D eigenvalue weighted by atomic mass is 10.1. The van der Waals surface area contributed by atoms with Crippen molar-refractivity contribution in [3.8, 4) is 0 Å². The van der Waals surface area contributed by atoms with E-state index in [1.54, 1.807) is 24.3 Å². The Morgan fingerprint density at radius 3 is 2.76 bits per heavy atom. The molecule has 1 aromatic carbocycles. The van der Waals surface area contributed by atoms with Crippen molar-refractivity contribution in [3.63, 3.8) is 0 Å². The summed E-state index contributed by atoms with van der Waals surface area (Å²) in [6, 6.07) is 7.83. The molecular formula is C18H16N2O5. The number of furan rings is 1. The van der Waals surface area contributed by atoms with Gasteiger partial charge in [0.1, 0.15) is 0 Å².